The summed E-state index contributed by atoms with van der Waals surface area (Å²) in [6, 6.07) is 4.40. The van der Waals surface area contributed by atoms with Gasteiger partial charge >= 0.3 is 15.6 Å². The van der Waals surface area contributed by atoms with Crippen LogP contribution >= 0.6 is 23.5 Å². The fourth-order valence-electron chi connectivity index (χ4n) is 2.73. The summed E-state index contributed by atoms with van der Waals surface area (Å²) >= 11 is 2.84. The topological polar surface area (TPSA) is 97.9 Å². The van der Waals surface area contributed by atoms with Crippen LogP contribution in [0.2, 0.25) is 0 Å². The van der Waals surface area contributed by atoms with Crippen molar-refractivity contribution >= 4 is 33.6 Å². The van der Waals surface area contributed by atoms with E-state index in [0.717, 1.165) is 31.7 Å². The molecule has 168 valence electrons. The average Bonchev–Trinajstić information content (AvgIpc) is 3.11. The lowest BCUT2D eigenvalue weighted by atomic mass is 10.0. The number of hydrogen-bond acceptors (Lipinski definition) is 8. The molecular formula is C18H19F3N4O3S3. The Bertz CT molecular complexity index is 1080. The quantitative estimate of drug-likeness (QED) is 0.213. The van der Waals surface area contributed by atoms with Crippen LogP contribution in [0.3, 0.4) is 0 Å². The molecule has 1 aliphatic carbocycles. The third kappa shape index (κ3) is 5.48. The van der Waals surface area contributed by atoms with Gasteiger partial charge in [0.05, 0.1) is 11.4 Å². The molecule has 0 aromatic carbocycles. The van der Waals surface area contributed by atoms with Gasteiger partial charge in [0.25, 0.3) is 0 Å². The van der Waals surface area contributed by atoms with Crippen molar-refractivity contribution in [2.75, 3.05) is 5.08 Å². The molecular weight excluding hydrogens is 473 g/mol. The summed E-state index contributed by atoms with van der Waals surface area (Å²) in [6.07, 6.45) is 5.61. The molecule has 7 nitrogen and oxygen atoms in total. The first-order valence-electron chi connectivity index (χ1n) is 9.38. The van der Waals surface area contributed by atoms with E-state index in [2.05, 4.69) is 14.3 Å². The fraction of sp³-hybridized carbons (Fsp3) is 0.500. The van der Waals surface area contributed by atoms with Gasteiger partial charge in [0.15, 0.2) is 5.75 Å². The highest BCUT2D eigenvalue weighted by atomic mass is 32.2. The van der Waals surface area contributed by atoms with E-state index in [9.17, 15) is 26.9 Å². The Morgan fingerprint density at radius 2 is 2.13 bits per heavy atom. The molecule has 0 aliphatic heterocycles. The number of thioether (sulfide) groups is 2. The second-order valence-electron chi connectivity index (χ2n) is 6.70. The van der Waals surface area contributed by atoms with Crippen LogP contribution in [-0.2, 0) is 16.7 Å². The summed E-state index contributed by atoms with van der Waals surface area (Å²) in [5.74, 6) is -0.704. The van der Waals surface area contributed by atoms with Gasteiger partial charge in [-0.25, -0.2) is 4.98 Å². The molecule has 0 bridgehead atoms. The van der Waals surface area contributed by atoms with Crippen LogP contribution in [0.15, 0.2) is 23.4 Å². The molecule has 13 heteroatoms. The number of pyridine rings is 1. The zero-order valence-electron chi connectivity index (χ0n) is 16.4. The molecule has 1 saturated carbocycles. The first-order chi connectivity index (χ1) is 14.7. The van der Waals surface area contributed by atoms with Gasteiger partial charge in [-0.3, -0.25) is 4.68 Å². The molecule has 2 heterocycles. The second-order valence-corrected chi connectivity index (χ2v) is 10.9. The van der Waals surface area contributed by atoms with Gasteiger partial charge in [-0.15, -0.1) is 11.8 Å². The Kier molecular flexibility index (Phi) is 7.43. The number of halogens is 3. The Balaban J connectivity index is 2.03. The van der Waals surface area contributed by atoms with Crippen molar-refractivity contribution in [3.05, 3.63) is 23.9 Å². The van der Waals surface area contributed by atoms with E-state index in [1.54, 1.807) is 28.6 Å². The van der Waals surface area contributed by atoms with Crippen LogP contribution in [0, 0.1) is 11.3 Å². The molecule has 0 atom stereocenters. The van der Waals surface area contributed by atoms with Gasteiger partial charge in [0.1, 0.15) is 16.7 Å². The van der Waals surface area contributed by atoms with Gasteiger partial charge in [0, 0.05) is 29.1 Å². The number of nitrogens with zero attached hydrogens (tertiary/aromatic N) is 4. The zero-order chi connectivity index (χ0) is 22.6. The molecule has 2 aromatic heterocycles. The number of alkyl halides is 3. The predicted octanol–water partition coefficient (Wildman–Crippen LogP) is 4.79. The summed E-state index contributed by atoms with van der Waals surface area (Å²) in [7, 11) is -5.95. The van der Waals surface area contributed by atoms with Gasteiger partial charge in [0.2, 0.25) is 0 Å². The van der Waals surface area contributed by atoms with E-state index < -0.39 is 21.4 Å². The van der Waals surface area contributed by atoms with Crippen LogP contribution < -0.4 is 4.18 Å². The molecule has 2 aromatic rings. The number of hydrogen-bond donors (Lipinski definition) is 0. The molecule has 1 aliphatic rings. The largest absolute Gasteiger partial charge is 0.534 e. The lowest BCUT2D eigenvalue weighted by Gasteiger charge is -2.24. The van der Waals surface area contributed by atoms with E-state index in [1.165, 1.54) is 18.0 Å². The smallest absolute Gasteiger partial charge is 0.374 e. The molecule has 0 radical (unpaired) electrons. The van der Waals surface area contributed by atoms with E-state index >= 15 is 0 Å². The first kappa shape index (κ1) is 23.7. The van der Waals surface area contributed by atoms with E-state index in [-0.39, 0.29) is 16.3 Å². The average molecular weight is 493 g/mol. The first-order valence-corrected chi connectivity index (χ1v) is 12.8. The van der Waals surface area contributed by atoms with Gasteiger partial charge < -0.3 is 4.18 Å². The third-order valence-electron chi connectivity index (χ3n) is 4.51. The lowest BCUT2D eigenvalue weighted by molar-refractivity contribution is -0.0500. The van der Waals surface area contributed by atoms with Crippen LogP contribution in [0.25, 0.3) is 11.4 Å². The van der Waals surface area contributed by atoms with E-state index in [1.807, 2.05) is 6.92 Å². The highest BCUT2D eigenvalue weighted by Gasteiger charge is 2.49. The highest BCUT2D eigenvalue weighted by Crippen LogP contribution is 2.39. The van der Waals surface area contributed by atoms with Gasteiger partial charge in [-0.1, -0.05) is 25.1 Å². The molecule has 31 heavy (non-hydrogen) atoms. The van der Waals surface area contributed by atoms with Crippen LogP contribution in [0.4, 0.5) is 13.2 Å². The molecule has 0 unspecified atom stereocenters. The molecule has 3 rings (SSSR count). The van der Waals surface area contributed by atoms with Crippen molar-refractivity contribution in [2.45, 2.75) is 54.9 Å². The van der Waals surface area contributed by atoms with Crippen molar-refractivity contribution in [3.8, 4) is 23.2 Å². The number of nitriles is 1. The maximum Gasteiger partial charge on any atom is 0.534 e. The molecule has 0 spiro atoms. The number of aromatic nitrogens is 3. The molecule has 1 fully saturated rings. The highest BCUT2D eigenvalue weighted by molar-refractivity contribution is 8.16. The van der Waals surface area contributed by atoms with Gasteiger partial charge in [-0.2, -0.15) is 31.9 Å². The van der Waals surface area contributed by atoms with Crippen molar-refractivity contribution in [1.82, 2.24) is 14.8 Å². The Morgan fingerprint density at radius 3 is 2.71 bits per heavy atom. The summed E-state index contributed by atoms with van der Waals surface area (Å²) in [6.45, 7) is 2.46. The molecule has 0 saturated heterocycles. The monoisotopic (exact) mass is 492 g/mol. The van der Waals surface area contributed by atoms with E-state index in [0.29, 0.717) is 22.6 Å². The van der Waals surface area contributed by atoms with Gasteiger partial charge in [-0.05, 0) is 25.3 Å². The number of aryl methyl sites for hydroxylation is 1. The standard InChI is InChI=1S/C18H19F3N4O3S3/c1-2-8-25-15(6-7-23-25)14-9-16(28-31(26,27)18(19,20)21)13(10-22)17(24-14)30-11-29-12-4-3-5-12/h6-7,9,12H,2-5,8,11H2,1H3. The fourth-order valence-corrected chi connectivity index (χ4v) is 5.80. The van der Waals surface area contributed by atoms with Crippen molar-refractivity contribution < 1.29 is 25.8 Å². The normalized spacial score (nSPS) is 14.8. The van der Waals surface area contributed by atoms with Crippen molar-refractivity contribution in [1.29, 1.82) is 5.26 Å². The second kappa shape index (κ2) is 9.70. The summed E-state index contributed by atoms with van der Waals surface area (Å²) < 4.78 is 67.9. The minimum atomic E-state index is -5.95. The Hall–Kier alpha value is -1.91. The van der Waals surface area contributed by atoms with Crippen LogP contribution in [0.1, 0.15) is 38.2 Å². The maximum atomic E-state index is 12.9. The minimum absolute atomic E-state index is 0.114. The Labute approximate surface area is 186 Å². The van der Waals surface area contributed by atoms with Crippen molar-refractivity contribution in [2.24, 2.45) is 0 Å². The third-order valence-corrected chi connectivity index (χ3v) is 8.00. The lowest BCUT2D eigenvalue weighted by Crippen LogP contribution is -2.28. The number of rotatable bonds is 9. The molecule has 0 N–H and O–H groups in total. The van der Waals surface area contributed by atoms with Crippen LogP contribution in [-0.4, -0.2) is 39.0 Å². The van der Waals surface area contributed by atoms with Crippen molar-refractivity contribution in [3.63, 3.8) is 0 Å². The molecule has 0 amide bonds. The maximum absolute atomic E-state index is 12.9. The summed E-state index contributed by atoms with van der Waals surface area (Å²) in [5, 5.41) is 14.9. The summed E-state index contributed by atoms with van der Waals surface area (Å²) in [4.78, 5) is 4.43. The predicted molar refractivity (Wildman–Crippen MR) is 112 cm³/mol. The Morgan fingerprint density at radius 1 is 1.39 bits per heavy atom. The van der Waals surface area contributed by atoms with E-state index in [4.69, 9.17) is 0 Å². The zero-order valence-corrected chi connectivity index (χ0v) is 18.9. The minimum Gasteiger partial charge on any atom is -0.374 e. The van der Waals surface area contributed by atoms with Crippen LogP contribution in [0.5, 0.6) is 5.75 Å². The SMILES string of the molecule is CCCn1nccc1-c1cc(OS(=O)(=O)C(F)(F)F)c(C#N)c(SCSC2CCC2)n1. The summed E-state index contributed by atoms with van der Waals surface area (Å²) in [5.41, 5.74) is -5.32.